The molecule has 2 aromatic heterocycles. The molecule has 0 spiro atoms. The Hall–Kier alpha value is -2.66. The summed E-state index contributed by atoms with van der Waals surface area (Å²) in [6.45, 7) is 1.98. The minimum atomic E-state index is -1.25. The number of ketones is 1. The first-order valence-electron chi connectivity index (χ1n) is 7.49. The number of fused-ring (bicyclic) bond motifs is 1. The molecule has 2 heterocycles. The number of carboxylic acids is 1. The standard InChI is InChI=1S/C18H15ClN2O3/c1-2-10-5-6-20-15(7-10)18(24)17-13(9-16(22)23)12-4-3-11(19)8-14(12)21-17/h3-8,21H,2,9H2,1H3,(H,22,23)/p-1. The number of nitrogens with one attached hydrogen (secondary N) is 1. The number of aliphatic carboxylic acids is 1. The molecule has 122 valence electrons. The second-order valence-corrected chi connectivity index (χ2v) is 5.89. The van der Waals surface area contributed by atoms with E-state index < -0.39 is 5.97 Å². The van der Waals surface area contributed by atoms with E-state index >= 15 is 0 Å². The van der Waals surface area contributed by atoms with E-state index in [9.17, 15) is 14.7 Å². The summed E-state index contributed by atoms with van der Waals surface area (Å²) < 4.78 is 0. The van der Waals surface area contributed by atoms with Crippen molar-refractivity contribution in [2.45, 2.75) is 19.8 Å². The number of benzene rings is 1. The average molecular weight is 342 g/mol. The number of carbonyl (C=O) groups excluding carboxylic acids is 2. The second-order valence-electron chi connectivity index (χ2n) is 5.45. The summed E-state index contributed by atoms with van der Waals surface area (Å²) >= 11 is 5.98. The zero-order valence-corrected chi connectivity index (χ0v) is 13.7. The van der Waals surface area contributed by atoms with Crippen LogP contribution in [0.2, 0.25) is 5.02 Å². The van der Waals surface area contributed by atoms with Gasteiger partial charge in [-0.1, -0.05) is 24.6 Å². The van der Waals surface area contributed by atoms with E-state index in [0.717, 1.165) is 12.0 Å². The minimum absolute atomic E-state index is 0.206. The predicted molar refractivity (Wildman–Crippen MR) is 89.1 cm³/mol. The third-order valence-electron chi connectivity index (χ3n) is 3.88. The van der Waals surface area contributed by atoms with Crippen molar-refractivity contribution in [2.75, 3.05) is 0 Å². The van der Waals surface area contributed by atoms with E-state index in [4.69, 9.17) is 11.6 Å². The van der Waals surface area contributed by atoms with Gasteiger partial charge in [0.25, 0.3) is 0 Å². The van der Waals surface area contributed by atoms with Crippen LogP contribution in [0.1, 0.15) is 34.2 Å². The summed E-state index contributed by atoms with van der Waals surface area (Å²) in [5.41, 5.74) is 2.45. The Morgan fingerprint density at radius 2 is 2.04 bits per heavy atom. The van der Waals surface area contributed by atoms with Crippen LogP contribution in [0.5, 0.6) is 0 Å². The lowest BCUT2D eigenvalue weighted by atomic mass is 10.0. The Bertz CT molecular complexity index is 947. The summed E-state index contributed by atoms with van der Waals surface area (Å²) in [6.07, 6.45) is 1.98. The van der Waals surface area contributed by atoms with E-state index in [1.54, 1.807) is 30.5 Å². The Balaban J connectivity index is 2.16. The number of pyridine rings is 1. The van der Waals surface area contributed by atoms with Crippen molar-refractivity contribution < 1.29 is 14.7 Å². The van der Waals surface area contributed by atoms with Gasteiger partial charge in [-0.15, -0.1) is 0 Å². The maximum Gasteiger partial charge on any atom is 0.227 e. The fourth-order valence-electron chi connectivity index (χ4n) is 2.70. The van der Waals surface area contributed by atoms with Crippen LogP contribution in [0.15, 0.2) is 36.5 Å². The molecule has 0 saturated carbocycles. The molecule has 0 fully saturated rings. The van der Waals surface area contributed by atoms with Gasteiger partial charge < -0.3 is 14.9 Å². The molecule has 6 heteroatoms. The Morgan fingerprint density at radius 1 is 1.25 bits per heavy atom. The first-order chi connectivity index (χ1) is 11.5. The Kier molecular flexibility index (Phi) is 4.36. The fraction of sp³-hybridized carbons (Fsp3) is 0.167. The van der Waals surface area contributed by atoms with Gasteiger partial charge in [-0.3, -0.25) is 9.78 Å². The largest absolute Gasteiger partial charge is 0.550 e. The molecule has 1 aromatic carbocycles. The summed E-state index contributed by atoms with van der Waals surface area (Å²) in [5.74, 6) is -1.61. The van der Waals surface area contributed by atoms with Crippen molar-refractivity contribution in [1.29, 1.82) is 0 Å². The molecular weight excluding hydrogens is 328 g/mol. The topological polar surface area (TPSA) is 85.9 Å². The molecule has 0 unspecified atom stereocenters. The first kappa shape index (κ1) is 16.2. The number of aryl methyl sites for hydroxylation is 1. The number of rotatable bonds is 5. The Labute approximate surface area is 143 Å². The van der Waals surface area contributed by atoms with E-state index in [0.29, 0.717) is 21.5 Å². The molecule has 0 aliphatic heterocycles. The number of nitrogens with zero attached hydrogens (tertiary/aromatic N) is 1. The van der Waals surface area contributed by atoms with E-state index in [-0.39, 0.29) is 23.6 Å². The molecular formula is C18H14ClN2O3-. The molecule has 0 aliphatic rings. The van der Waals surface area contributed by atoms with Crippen molar-refractivity contribution in [3.8, 4) is 0 Å². The summed E-state index contributed by atoms with van der Waals surface area (Å²) in [5, 5.41) is 12.2. The average Bonchev–Trinajstić information content (AvgIpc) is 2.91. The zero-order chi connectivity index (χ0) is 17.3. The van der Waals surface area contributed by atoms with Gasteiger partial charge >= 0.3 is 0 Å². The van der Waals surface area contributed by atoms with Gasteiger partial charge in [0.15, 0.2) is 0 Å². The van der Waals surface area contributed by atoms with Gasteiger partial charge in [-0.25, -0.2) is 0 Å². The quantitative estimate of drug-likeness (QED) is 0.721. The van der Waals surface area contributed by atoms with Crippen LogP contribution in [0, 0.1) is 0 Å². The number of aromatic nitrogens is 2. The van der Waals surface area contributed by atoms with Crippen molar-refractivity contribution in [2.24, 2.45) is 0 Å². The molecule has 1 N–H and O–H groups in total. The van der Waals surface area contributed by atoms with E-state index in [1.807, 2.05) is 13.0 Å². The van der Waals surface area contributed by atoms with Crippen LogP contribution in [-0.2, 0) is 17.6 Å². The van der Waals surface area contributed by atoms with Crippen molar-refractivity contribution in [1.82, 2.24) is 9.97 Å². The highest BCUT2D eigenvalue weighted by Gasteiger charge is 2.20. The molecule has 24 heavy (non-hydrogen) atoms. The zero-order valence-electron chi connectivity index (χ0n) is 12.9. The maximum atomic E-state index is 12.8. The van der Waals surface area contributed by atoms with E-state index in [1.165, 1.54) is 0 Å². The number of hydrogen-bond acceptors (Lipinski definition) is 4. The number of hydrogen-bond donors (Lipinski definition) is 1. The molecule has 0 radical (unpaired) electrons. The lowest BCUT2D eigenvalue weighted by Gasteiger charge is -2.06. The van der Waals surface area contributed by atoms with Gasteiger partial charge in [0.1, 0.15) is 5.69 Å². The van der Waals surface area contributed by atoms with Crippen LogP contribution in [0.3, 0.4) is 0 Å². The highest BCUT2D eigenvalue weighted by molar-refractivity contribution is 6.31. The van der Waals surface area contributed by atoms with E-state index in [2.05, 4.69) is 9.97 Å². The summed E-state index contributed by atoms with van der Waals surface area (Å²) in [6, 6.07) is 8.55. The maximum absolute atomic E-state index is 12.8. The Morgan fingerprint density at radius 3 is 2.75 bits per heavy atom. The molecule has 0 amide bonds. The number of H-pyrrole nitrogens is 1. The molecule has 5 nitrogen and oxygen atoms in total. The van der Waals surface area contributed by atoms with Gasteiger partial charge in [0.2, 0.25) is 5.78 Å². The smallest absolute Gasteiger partial charge is 0.227 e. The van der Waals surface area contributed by atoms with Crippen molar-refractivity contribution in [3.05, 3.63) is 64.1 Å². The third-order valence-corrected chi connectivity index (χ3v) is 4.12. The lowest BCUT2D eigenvalue weighted by molar-refractivity contribution is -0.304. The van der Waals surface area contributed by atoms with Crippen LogP contribution >= 0.6 is 11.6 Å². The second kappa shape index (κ2) is 6.45. The highest BCUT2D eigenvalue weighted by atomic mass is 35.5. The van der Waals surface area contributed by atoms with Gasteiger partial charge in [0, 0.05) is 34.5 Å². The summed E-state index contributed by atoms with van der Waals surface area (Å²) in [7, 11) is 0. The summed E-state index contributed by atoms with van der Waals surface area (Å²) in [4.78, 5) is 31.0. The van der Waals surface area contributed by atoms with Crippen molar-refractivity contribution >= 4 is 34.3 Å². The molecule has 0 bridgehead atoms. The molecule has 0 aliphatic carbocycles. The monoisotopic (exact) mass is 341 g/mol. The first-order valence-corrected chi connectivity index (χ1v) is 7.87. The van der Waals surface area contributed by atoms with Crippen LogP contribution < -0.4 is 5.11 Å². The van der Waals surface area contributed by atoms with Crippen molar-refractivity contribution in [3.63, 3.8) is 0 Å². The van der Waals surface area contributed by atoms with Gasteiger partial charge in [-0.2, -0.15) is 0 Å². The number of halogens is 1. The predicted octanol–water partition coefficient (Wildman–Crippen LogP) is 2.30. The van der Waals surface area contributed by atoms with Gasteiger partial charge in [0.05, 0.1) is 5.69 Å². The normalized spacial score (nSPS) is 10.9. The number of aromatic amines is 1. The lowest BCUT2D eigenvalue weighted by Crippen LogP contribution is -2.25. The third kappa shape index (κ3) is 3.03. The molecule has 3 aromatic rings. The molecule has 3 rings (SSSR count). The highest BCUT2D eigenvalue weighted by Crippen LogP contribution is 2.27. The molecule has 0 saturated heterocycles. The van der Waals surface area contributed by atoms with Crippen LogP contribution in [-0.4, -0.2) is 21.7 Å². The molecule has 0 atom stereocenters. The SMILES string of the molecule is CCc1ccnc(C(=O)c2[nH]c3cc(Cl)ccc3c2CC(=O)[O-])c1. The van der Waals surface area contributed by atoms with Gasteiger partial charge in [-0.05, 0) is 41.8 Å². The number of carbonyl (C=O) groups is 2. The number of carboxylic acid groups (broad SMARTS) is 1. The fourth-order valence-corrected chi connectivity index (χ4v) is 2.87. The minimum Gasteiger partial charge on any atom is -0.550 e. The van der Waals surface area contributed by atoms with Crippen LogP contribution in [0.4, 0.5) is 0 Å². The van der Waals surface area contributed by atoms with Crippen LogP contribution in [0.25, 0.3) is 10.9 Å².